The van der Waals surface area contributed by atoms with E-state index in [4.69, 9.17) is 16.6 Å². The van der Waals surface area contributed by atoms with Crippen molar-refractivity contribution >= 4 is 23.2 Å². The summed E-state index contributed by atoms with van der Waals surface area (Å²) in [7, 11) is 2.17. The first-order chi connectivity index (χ1) is 16.1. The number of hydrogen-bond donors (Lipinski definition) is 1. The molecule has 1 N–H and O–H groups in total. The van der Waals surface area contributed by atoms with Crippen LogP contribution in [0.15, 0.2) is 73.1 Å². The maximum Gasteiger partial charge on any atom is 0.227 e. The summed E-state index contributed by atoms with van der Waals surface area (Å²) in [6.07, 6.45) is 3.53. The minimum Gasteiger partial charge on any atom is -0.324 e. The molecule has 1 fully saturated rings. The molecular formula is C25H26ClN7. The summed E-state index contributed by atoms with van der Waals surface area (Å²) in [6.45, 7) is 5.18. The zero-order valence-electron chi connectivity index (χ0n) is 18.5. The van der Waals surface area contributed by atoms with Crippen LogP contribution in [0.5, 0.6) is 0 Å². The van der Waals surface area contributed by atoms with Gasteiger partial charge in [0.15, 0.2) is 0 Å². The van der Waals surface area contributed by atoms with Crippen LogP contribution in [-0.4, -0.2) is 62.8 Å². The quantitative estimate of drug-likeness (QED) is 0.459. The van der Waals surface area contributed by atoms with Gasteiger partial charge in [0.25, 0.3) is 0 Å². The molecule has 0 bridgehead atoms. The molecule has 1 saturated heterocycles. The van der Waals surface area contributed by atoms with E-state index in [-0.39, 0.29) is 0 Å². The maximum atomic E-state index is 6.44. The molecular weight excluding hydrogens is 434 g/mol. The van der Waals surface area contributed by atoms with Gasteiger partial charge in [-0.05, 0) is 55.1 Å². The molecule has 0 spiro atoms. The van der Waals surface area contributed by atoms with Gasteiger partial charge in [0.1, 0.15) is 0 Å². The molecule has 3 heterocycles. The summed E-state index contributed by atoms with van der Waals surface area (Å²) in [5, 5.41) is 8.50. The smallest absolute Gasteiger partial charge is 0.227 e. The van der Waals surface area contributed by atoms with E-state index in [9.17, 15) is 0 Å². The van der Waals surface area contributed by atoms with Crippen LogP contribution in [0.4, 0.5) is 11.6 Å². The average molecular weight is 460 g/mol. The lowest BCUT2D eigenvalue weighted by atomic mass is 10.1. The molecule has 0 radical (unpaired) electrons. The van der Waals surface area contributed by atoms with Crippen molar-refractivity contribution < 1.29 is 0 Å². The van der Waals surface area contributed by atoms with Crippen molar-refractivity contribution in [3.05, 3.63) is 83.6 Å². The predicted molar refractivity (Wildman–Crippen MR) is 132 cm³/mol. The largest absolute Gasteiger partial charge is 0.324 e. The lowest BCUT2D eigenvalue weighted by Gasteiger charge is -2.32. The molecule has 33 heavy (non-hydrogen) atoms. The van der Waals surface area contributed by atoms with Crippen molar-refractivity contribution in [2.45, 2.75) is 6.54 Å². The third-order valence-corrected chi connectivity index (χ3v) is 6.00. The molecule has 0 atom stereocenters. The number of piperazine rings is 1. The molecule has 1 aliphatic rings. The number of benzene rings is 2. The summed E-state index contributed by atoms with van der Waals surface area (Å²) in [5.41, 5.74) is 4.71. The summed E-state index contributed by atoms with van der Waals surface area (Å²) in [4.78, 5) is 14.0. The first-order valence-electron chi connectivity index (χ1n) is 11.0. The van der Waals surface area contributed by atoms with Crippen LogP contribution in [0.1, 0.15) is 5.56 Å². The molecule has 0 saturated carbocycles. The molecule has 2 aromatic carbocycles. The van der Waals surface area contributed by atoms with E-state index in [1.807, 2.05) is 59.3 Å². The Morgan fingerprint density at radius 2 is 1.76 bits per heavy atom. The van der Waals surface area contributed by atoms with E-state index in [1.54, 1.807) is 12.4 Å². The Labute approximate surface area is 198 Å². The van der Waals surface area contributed by atoms with Gasteiger partial charge in [0.05, 0.1) is 23.3 Å². The van der Waals surface area contributed by atoms with Crippen molar-refractivity contribution in [3.63, 3.8) is 0 Å². The number of likely N-dealkylation sites (N-methyl/N-ethyl adjacent to an activating group) is 1. The molecule has 0 unspecified atom stereocenters. The third-order valence-electron chi connectivity index (χ3n) is 5.78. The monoisotopic (exact) mass is 459 g/mol. The van der Waals surface area contributed by atoms with Crippen LogP contribution in [0, 0.1) is 0 Å². The molecule has 0 amide bonds. The number of para-hydroxylation sites is 1. The fourth-order valence-corrected chi connectivity index (χ4v) is 4.30. The van der Waals surface area contributed by atoms with Crippen molar-refractivity contribution in [2.75, 3.05) is 38.5 Å². The van der Waals surface area contributed by atoms with E-state index in [2.05, 4.69) is 38.3 Å². The van der Waals surface area contributed by atoms with Gasteiger partial charge in [0, 0.05) is 49.6 Å². The van der Waals surface area contributed by atoms with Crippen molar-refractivity contribution in [2.24, 2.45) is 0 Å². The highest BCUT2D eigenvalue weighted by molar-refractivity contribution is 6.30. The lowest BCUT2D eigenvalue weighted by Crippen LogP contribution is -2.43. The van der Waals surface area contributed by atoms with Crippen molar-refractivity contribution in [3.8, 4) is 17.1 Å². The van der Waals surface area contributed by atoms with E-state index >= 15 is 0 Å². The number of anilines is 2. The first-order valence-corrected chi connectivity index (χ1v) is 11.4. The molecule has 5 rings (SSSR count). The van der Waals surface area contributed by atoms with Gasteiger partial charge in [-0.3, -0.25) is 4.90 Å². The van der Waals surface area contributed by atoms with Crippen LogP contribution < -0.4 is 5.32 Å². The second-order valence-electron chi connectivity index (χ2n) is 8.28. The molecule has 7 nitrogen and oxygen atoms in total. The number of aromatic nitrogens is 4. The number of nitrogens with zero attached hydrogens (tertiary/aromatic N) is 6. The number of nitrogens with one attached hydrogen (secondary N) is 1. The van der Waals surface area contributed by atoms with Gasteiger partial charge in [-0.25, -0.2) is 14.6 Å². The molecule has 1 aliphatic heterocycles. The van der Waals surface area contributed by atoms with E-state index < -0.39 is 0 Å². The van der Waals surface area contributed by atoms with E-state index in [0.717, 1.165) is 55.5 Å². The number of halogens is 1. The summed E-state index contributed by atoms with van der Waals surface area (Å²) >= 11 is 6.44. The average Bonchev–Trinajstić information content (AvgIpc) is 3.31. The van der Waals surface area contributed by atoms with Crippen molar-refractivity contribution in [1.82, 2.24) is 29.5 Å². The minimum atomic E-state index is 0.515. The summed E-state index contributed by atoms with van der Waals surface area (Å²) < 4.78 is 1.87. The van der Waals surface area contributed by atoms with Gasteiger partial charge < -0.3 is 10.2 Å². The van der Waals surface area contributed by atoms with Gasteiger partial charge >= 0.3 is 0 Å². The molecule has 2 aromatic heterocycles. The Morgan fingerprint density at radius 3 is 2.58 bits per heavy atom. The Morgan fingerprint density at radius 1 is 0.939 bits per heavy atom. The van der Waals surface area contributed by atoms with Gasteiger partial charge in [-0.1, -0.05) is 29.8 Å². The van der Waals surface area contributed by atoms with Gasteiger partial charge in [0.2, 0.25) is 5.95 Å². The van der Waals surface area contributed by atoms with Crippen LogP contribution >= 0.6 is 11.6 Å². The Balaban J connectivity index is 1.36. The zero-order chi connectivity index (χ0) is 22.6. The highest BCUT2D eigenvalue weighted by Gasteiger charge is 2.15. The fraction of sp³-hybridized carbons (Fsp3) is 0.240. The topological polar surface area (TPSA) is 62.1 Å². The van der Waals surface area contributed by atoms with Crippen LogP contribution in [-0.2, 0) is 6.54 Å². The predicted octanol–water partition coefficient (Wildman–Crippen LogP) is 4.47. The van der Waals surface area contributed by atoms with Gasteiger partial charge in [-0.15, -0.1) is 0 Å². The normalized spacial score (nSPS) is 15.0. The Bertz CT molecular complexity index is 1220. The number of hydrogen-bond acceptors (Lipinski definition) is 6. The second-order valence-corrected chi connectivity index (χ2v) is 8.72. The standard InChI is InChI=1S/C25H26ClN7/c1-31-11-13-32(14-12-31)18-19-15-20(26)17-21(16-19)29-25-27-9-7-23(30-25)24-8-10-28-33(24)22-5-3-2-4-6-22/h2-10,15-17H,11-14,18H2,1H3,(H,27,29,30). The summed E-state index contributed by atoms with van der Waals surface area (Å²) in [6, 6.07) is 19.9. The highest BCUT2D eigenvalue weighted by Crippen LogP contribution is 2.25. The first kappa shape index (κ1) is 21.6. The second kappa shape index (κ2) is 9.70. The molecule has 168 valence electrons. The highest BCUT2D eigenvalue weighted by atomic mass is 35.5. The van der Waals surface area contributed by atoms with Gasteiger partial charge in [-0.2, -0.15) is 5.10 Å². The Kier molecular flexibility index (Phi) is 6.35. The maximum absolute atomic E-state index is 6.44. The lowest BCUT2D eigenvalue weighted by molar-refractivity contribution is 0.148. The van der Waals surface area contributed by atoms with Crippen LogP contribution in [0.25, 0.3) is 17.1 Å². The molecule has 4 aromatic rings. The van der Waals surface area contributed by atoms with Crippen molar-refractivity contribution in [1.29, 1.82) is 0 Å². The zero-order valence-corrected chi connectivity index (χ0v) is 19.3. The summed E-state index contributed by atoms with van der Waals surface area (Å²) in [5.74, 6) is 0.515. The van der Waals surface area contributed by atoms with E-state index in [1.165, 1.54) is 5.56 Å². The Hall–Kier alpha value is -3.26. The minimum absolute atomic E-state index is 0.515. The fourth-order valence-electron chi connectivity index (χ4n) is 4.04. The van der Waals surface area contributed by atoms with Crippen LogP contribution in [0.3, 0.4) is 0 Å². The number of rotatable bonds is 6. The van der Waals surface area contributed by atoms with E-state index in [0.29, 0.717) is 11.0 Å². The SMILES string of the molecule is CN1CCN(Cc2cc(Cl)cc(Nc3nccc(-c4ccnn4-c4ccccc4)n3)c2)CC1. The third kappa shape index (κ3) is 5.22. The molecule has 0 aliphatic carbocycles. The molecule has 8 heteroatoms. The van der Waals surface area contributed by atoms with Crippen LogP contribution in [0.2, 0.25) is 5.02 Å².